The minimum atomic E-state index is -0.987. The van der Waals surface area contributed by atoms with Gasteiger partial charge in [0.25, 0.3) is 0 Å². The average molecular weight is 310 g/mol. The van der Waals surface area contributed by atoms with E-state index in [1.165, 1.54) is 13.2 Å². The summed E-state index contributed by atoms with van der Waals surface area (Å²) < 4.78 is 6.57. The first-order valence-corrected chi connectivity index (χ1v) is 6.90. The third kappa shape index (κ3) is 2.55. The van der Waals surface area contributed by atoms with Crippen LogP contribution in [0.2, 0.25) is 0 Å². The van der Waals surface area contributed by atoms with Gasteiger partial charge in [0.05, 0.1) is 29.3 Å². The maximum Gasteiger partial charge on any atom is 0.337 e. The standard InChI is InChI=1S/C17H14N2O4/c1-19-14-7-6-12(17(22)23-2)9-13(14)18-15(19)10-4-3-5-11(8-10)16(20)21/h3-9H,1-2H3,(H,20,21). The molecule has 3 aromatic rings. The van der Waals surface area contributed by atoms with Gasteiger partial charge in [-0.1, -0.05) is 12.1 Å². The number of carbonyl (C=O) groups is 2. The summed E-state index contributed by atoms with van der Waals surface area (Å²) >= 11 is 0. The van der Waals surface area contributed by atoms with E-state index in [-0.39, 0.29) is 5.56 Å². The third-order valence-electron chi connectivity index (χ3n) is 3.67. The lowest BCUT2D eigenvalue weighted by Gasteiger charge is -2.03. The number of ether oxygens (including phenoxy) is 1. The molecule has 0 spiro atoms. The maximum atomic E-state index is 11.6. The lowest BCUT2D eigenvalue weighted by molar-refractivity contribution is 0.0600. The molecule has 23 heavy (non-hydrogen) atoms. The zero-order chi connectivity index (χ0) is 16.6. The van der Waals surface area contributed by atoms with Crippen LogP contribution < -0.4 is 0 Å². The van der Waals surface area contributed by atoms with Crippen molar-refractivity contribution >= 4 is 23.0 Å². The summed E-state index contributed by atoms with van der Waals surface area (Å²) in [6.07, 6.45) is 0. The zero-order valence-corrected chi connectivity index (χ0v) is 12.6. The van der Waals surface area contributed by atoms with Gasteiger partial charge in [-0.2, -0.15) is 0 Å². The number of fused-ring (bicyclic) bond motifs is 1. The van der Waals surface area contributed by atoms with Crippen LogP contribution in [-0.2, 0) is 11.8 Å². The number of hydrogen-bond acceptors (Lipinski definition) is 4. The first-order chi connectivity index (χ1) is 11.0. The number of carboxylic acid groups (broad SMARTS) is 1. The van der Waals surface area contributed by atoms with Crippen molar-refractivity contribution in [3.8, 4) is 11.4 Å². The summed E-state index contributed by atoms with van der Waals surface area (Å²) in [5, 5.41) is 9.11. The molecule has 1 N–H and O–H groups in total. The number of imidazole rings is 1. The van der Waals surface area contributed by atoms with Crippen LogP contribution in [0.5, 0.6) is 0 Å². The van der Waals surface area contributed by atoms with E-state index in [0.717, 1.165) is 5.52 Å². The number of methoxy groups -OCH3 is 1. The van der Waals surface area contributed by atoms with Crippen molar-refractivity contribution < 1.29 is 19.4 Å². The van der Waals surface area contributed by atoms with Crippen LogP contribution in [0.1, 0.15) is 20.7 Å². The Morgan fingerprint density at radius 3 is 2.61 bits per heavy atom. The Labute approximate surface area is 131 Å². The Morgan fingerprint density at radius 2 is 1.91 bits per heavy atom. The van der Waals surface area contributed by atoms with Crippen molar-refractivity contribution in [2.24, 2.45) is 7.05 Å². The maximum absolute atomic E-state index is 11.6. The Morgan fingerprint density at radius 1 is 1.13 bits per heavy atom. The van der Waals surface area contributed by atoms with E-state index in [9.17, 15) is 9.59 Å². The van der Waals surface area contributed by atoms with Crippen molar-refractivity contribution in [1.82, 2.24) is 9.55 Å². The van der Waals surface area contributed by atoms with Gasteiger partial charge in [-0.15, -0.1) is 0 Å². The molecular weight excluding hydrogens is 296 g/mol. The molecule has 0 aliphatic carbocycles. The predicted octanol–water partition coefficient (Wildman–Crippen LogP) is 2.73. The van der Waals surface area contributed by atoms with Gasteiger partial charge < -0.3 is 14.4 Å². The van der Waals surface area contributed by atoms with Gasteiger partial charge in [0.1, 0.15) is 5.82 Å². The van der Waals surface area contributed by atoms with Crippen LogP contribution in [0.3, 0.4) is 0 Å². The molecule has 0 aliphatic rings. The summed E-state index contributed by atoms with van der Waals surface area (Å²) in [7, 11) is 3.17. The lowest BCUT2D eigenvalue weighted by Crippen LogP contribution is -2.00. The summed E-state index contributed by atoms with van der Waals surface area (Å²) in [6, 6.07) is 11.7. The van der Waals surface area contributed by atoms with Gasteiger partial charge >= 0.3 is 11.9 Å². The third-order valence-corrected chi connectivity index (χ3v) is 3.67. The Bertz CT molecular complexity index is 927. The summed E-state index contributed by atoms with van der Waals surface area (Å²) in [5.41, 5.74) is 2.80. The first-order valence-electron chi connectivity index (χ1n) is 6.90. The number of rotatable bonds is 3. The molecule has 6 nitrogen and oxygen atoms in total. The molecule has 0 saturated heterocycles. The number of nitrogens with zero attached hydrogens (tertiary/aromatic N) is 2. The first kappa shape index (κ1) is 14.8. The van der Waals surface area contributed by atoms with Crippen LogP contribution in [0, 0.1) is 0 Å². The SMILES string of the molecule is COC(=O)c1ccc2c(c1)nc(-c1cccc(C(=O)O)c1)n2C. The fourth-order valence-electron chi connectivity index (χ4n) is 2.49. The molecule has 0 fully saturated rings. The molecule has 0 bridgehead atoms. The van der Waals surface area contributed by atoms with Crippen LogP contribution in [-0.4, -0.2) is 33.7 Å². The van der Waals surface area contributed by atoms with Crippen molar-refractivity contribution in [1.29, 1.82) is 0 Å². The largest absolute Gasteiger partial charge is 0.478 e. The molecule has 3 rings (SSSR count). The quantitative estimate of drug-likeness (QED) is 0.752. The fourth-order valence-corrected chi connectivity index (χ4v) is 2.49. The highest BCUT2D eigenvalue weighted by atomic mass is 16.5. The minimum absolute atomic E-state index is 0.199. The monoisotopic (exact) mass is 310 g/mol. The molecule has 0 saturated carbocycles. The fraction of sp³-hybridized carbons (Fsp3) is 0.118. The molecule has 116 valence electrons. The number of aromatic carboxylic acids is 1. The molecule has 2 aromatic carbocycles. The molecule has 0 aliphatic heterocycles. The van der Waals surface area contributed by atoms with Gasteiger partial charge in [-0.05, 0) is 30.3 Å². The number of hydrogen-bond donors (Lipinski definition) is 1. The summed E-state index contributed by atoms with van der Waals surface area (Å²) in [5.74, 6) is -0.782. The minimum Gasteiger partial charge on any atom is -0.478 e. The molecular formula is C17H14N2O4. The molecule has 1 aromatic heterocycles. The molecule has 0 unspecified atom stereocenters. The number of aryl methyl sites for hydroxylation is 1. The van der Waals surface area contributed by atoms with Gasteiger partial charge in [0.15, 0.2) is 0 Å². The van der Waals surface area contributed by atoms with E-state index in [4.69, 9.17) is 9.84 Å². The van der Waals surface area contributed by atoms with Gasteiger partial charge in [-0.25, -0.2) is 14.6 Å². The van der Waals surface area contributed by atoms with E-state index in [1.807, 2.05) is 11.6 Å². The summed E-state index contributed by atoms with van der Waals surface area (Å²) in [4.78, 5) is 27.3. The molecule has 1 heterocycles. The molecule has 0 amide bonds. The van der Waals surface area contributed by atoms with E-state index < -0.39 is 11.9 Å². The Balaban J connectivity index is 2.15. The van der Waals surface area contributed by atoms with E-state index in [0.29, 0.717) is 22.5 Å². The molecule has 0 atom stereocenters. The smallest absolute Gasteiger partial charge is 0.337 e. The Hall–Kier alpha value is -3.15. The van der Waals surface area contributed by atoms with Crippen LogP contribution >= 0.6 is 0 Å². The molecule has 6 heteroatoms. The van der Waals surface area contributed by atoms with E-state index >= 15 is 0 Å². The highest BCUT2D eigenvalue weighted by Crippen LogP contribution is 2.25. The van der Waals surface area contributed by atoms with Gasteiger partial charge in [0.2, 0.25) is 0 Å². The highest BCUT2D eigenvalue weighted by molar-refractivity contribution is 5.94. The average Bonchev–Trinajstić information content (AvgIpc) is 2.90. The highest BCUT2D eigenvalue weighted by Gasteiger charge is 2.14. The van der Waals surface area contributed by atoms with Gasteiger partial charge in [-0.3, -0.25) is 0 Å². The topological polar surface area (TPSA) is 81.4 Å². The van der Waals surface area contributed by atoms with Crippen LogP contribution in [0.4, 0.5) is 0 Å². The second-order valence-electron chi connectivity index (χ2n) is 5.08. The van der Waals surface area contributed by atoms with E-state index in [1.54, 1.807) is 36.4 Å². The number of benzene rings is 2. The van der Waals surface area contributed by atoms with Crippen molar-refractivity contribution in [2.75, 3.05) is 7.11 Å². The van der Waals surface area contributed by atoms with Crippen molar-refractivity contribution in [3.63, 3.8) is 0 Å². The predicted molar refractivity (Wildman–Crippen MR) is 84.4 cm³/mol. The second-order valence-corrected chi connectivity index (χ2v) is 5.08. The number of carbonyl (C=O) groups excluding carboxylic acids is 1. The van der Waals surface area contributed by atoms with Crippen molar-refractivity contribution in [2.45, 2.75) is 0 Å². The number of aromatic nitrogens is 2. The molecule has 0 radical (unpaired) electrons. The number of esters is 1. The lowest BCUT2D eigenvalue weighted by atomic mass is 10.1. The second kappa shape index (κ2) is 5.57. The van der Waals surface area contributed by atoms with Crippen molar-refractivity contribution in [3.05, 3.63) is 53.6 Å². The number of carboxylic acids is 1. The Kier molecular flexibility index (Phi) is 3.57. The van der Waals surface area contributed by atoms with Crippen LogP contribution in [0.25, 0.3) is 22.4 Å². The van der Waals surface area contributed by atoms with Crippen LogP contribution in [0.15, 0.2) is 42.5 Å². The van der Waals surface area contributed by atoms with E-state index in [2.05, 4.69) is 4.98 Å². The summed E-state index contributed by atoms with van der Waals surface area (Å²) in [6.45, 7) is 0. The normalized spacial score (nSPS) is 10.7. The van der Waals surface area contributed by atoms with Gasteiger partial charge in [0, 0.05) is 12.6 Å². The zero-order valence-electron chi connectivity index (χ0n) is 12.6.